The first-order valence-corrected chi connectivity index (χ1v) is 8.43. The van der Waals surface area contributed by atoms with E-state index in [1.807, 2.05) is 6.33 Å². The van der Waals surface area contributed by atoms with Crippen LogP contribution in [0.5, 0.6) is 0 Å². The average molecular weight is 273 g/mol. The monoisotopic (exact) mass is 273 g/mol. The molecule has 4 bridgehead atoms. The summed E-state index contributed by atoms with van der Waals surface area (Å²) in [6.45, 7) is 3.25. The molecule has 1 aromatic heterocycles. The van der Waals surface area contributed by atoms with E-state index in [1.165, 1.54) is 32.2 Å². The van der Waals surface area contributed by atoms with Gasteiger partial charge in [-0.05, 0) is 68.6 Å². The fraction of sp³-hybridized carbons (Fsp3) is 0.824. The molecule has 4 aliphatic rings. The van der Waals surface area contributed by atoms with Crippen LogP contribution in [0.1, 0.15) is 44.7 Å². The fourth-order valence-electron chi connectivity index (χ4n) is 5.52. The molecule has 0 saturated heterocycles. The highest BCUT2D eigenvalue weighted by Gasteiger charge is 2.47. The smallest absolute Gasteiger partial charge is 0.0949 e. The van der Waals surface area contributed by atoms with Crippen LogP contribution in [-0.2, 0) is 13.0 Å². The number of rotatable bonds is 4. The number of hydrogen-bond donors (Lipinski definition) is 1. The Morgan fingerprint density at radius 3 is 2.45 bits per heavy atom. The van der Waals surface area contributed by atoms with Gasteiger partial charge in [0.2, 0.25) is 0 Å². The summed E-state index contributed by atoms with van der Waals surface area (Å²) in [7, 11) is 0. The van der Waals surface area contributed by atoms with E-state index in [0.29, 0.717) is 0 Å². The van der Waals surface area contributed by atoms with E-state index in [4.69, 9.17) is 5.73 Å². The number of nitrogens with zero attached hydrogens (tertiary/aromatic N) is 2. The van der Waals surface area contributed by atoms with E-state index < -0.39 is 0 Å². The zero-order valence-corrected chi connectivity index (χ0v) is 12.5. The lowest BCUT2D eigenvalue weighted by atomic mass is 9.52. The highest BCUT2D eigenvalue weighted by atomic mass is 15.0. The van der Waals surface area contributed by atoms with Gasteiger partial charge in [0.25, 0.3) is 0 Å². The van der Waals surface area contributed by atoms with Gasteiger partial charge < -0.3 is 10.3 Å². The zero-order valence-electron chi connectivity index (χ0n) is 12.5. The van der Waals surface area contributed by atoms with Crippen molar-refractivity contribution in [3.8, 4) is 0 Å². The third-order valence-corrected chi connectivity index (χ3v) is 6.06. The fourth-order valence-corrected chi connectivity index (χ4v) is 5.52. The van der Waals surface area contributed by atoms with E-state index in [0.717, 1.165) is 41.7 Å². The summed E-state index contributed by atoms with van der Waals surface area (Å²) < 4.78 is 2.34. The van der Waals surface area contributed by atoms with Crippen LogP contribution in [0.4, 0.5) is 0 Å². The van der Waals surface area contributed by atoms with Crippen molar-refractivity contribution in [3.05, 3.63) is 18.2 Å². The summed E-state index contributed by atoms with van der Waals surface area (Å²) in [6.07, 6.45) is 12.8. The lowest BCUT2D eigenvalue weighted by Gasteiger charge is -2.54. The van der Waals surface area contributed by atoms with Crippen molar-refractivity contribution >= 4 is 0 Å². The molecule has 4 fully saturated rings. The lowest BCUT2D eigenvalue weighted by molar-refractivity contribution is -0.0430. The van der Waals surface area contributed by atoms with Gasteiger partial charge in [0.05, 0.1) is 12.0 Å². The molecule has 0 amide bonds. The van der Waals surface area contributed by atoms with Crippen LogP contribution >= 0.6 is 0 Å². The first-order chi connectivity index (χ1) is 9.67. The molecule has 4 aliphatic carbocycles. The van der Waals surface area contributed by atoms with Gasteiger partial charge >= 0.3 is 0 Å². The highest BCUT2D eigenvalue weighted by molar-refractivity contribution is 5.02. The molecule has 1 unspecified atom stereocenters. The topological polar surface area (TPSA) is 43.8 Å². The van der Waals surface area contributed by atoms with E-state index in [9.17, 15) is 0 Å². The van der Waals surface area contributed by atoms with Crippen LogP contribution in [0, 0.1) is 29.6 Å². The summed E-state index contributed by atoms with van der Waals surface area (Å²) in [4.78, 5) is 4.52. The van der Waals surface area contributed by atoms with Crippen LogP contribution in [0.15, 0.2) is 12.5 Å². The molecule has 1 aromatic rings. The predicted octanol–water partition coefficient (Wildman–Crippen LogP) is 2.85. The van der Waals surface area contributed by atoms with Gasteiger partial charge in [0, 0.05) is 25.2 Å². The summed E-state index contributed by atoms with van der Waals surface area (Å²) in [6, 6.07) is 0.208. The van der Waals surface area contributed by atoms with E-state index >= 15 is 0 Å². The number of aromatic nitrogens is 2. The van der Waals surface area contributed by atoms with Crippen molar-refractivity contribution in [2.45, 2.75) is 58.0 Å². The molecular weight excluding hydrogens is 246 g/mol. The SMILES string of the molecule is CC(N)Cc1cn(CC2C3CC4CC(C3)CC2C4)cn1. The van der Waals surface area contributed by atoms with Crippen LogP contribution < -0.4 is 5.73 Å². The van der Waals surface area contributed by atoms with Crippen LogP contribution in [-0.4, -0.2) is 15.6 Å². The van der Waals surface area contributed by atoms with Crippen molar-refractivity contribution in [1.82, 2.24) is 9.55 Å². The Balaban J connectivity index is 1.45. The van der Waals surface area contributed by atoms with Crippen molar-refractivity contribution in [2.75, 3.05) is 0 Å². The summed E-state index contributed by atoms with van der Waals surface area (Å²) in [5.74, 6) is 5.08. The molecule has 0 radical (unpaired) electrons. The van der Waals surface area contributed by atoms with E-state index in [2.05, 4.69) is 22.7 Å². The largest absolute Gasteiger partial charge is 0.337 e. The highest BCUT2D eigenvalue weighted by Crippen LogP contribution is 2.56. The Morgan fingerprint density at radius 1 is 1.20 bits per heavy atom. The molecule has 0 aromatic carbocycles. The normalized spacial score (nSPS) is 40.2. The molecule has 110 valence electrons. The van der Waals surface area contributed by atoms with Gasteiger partial charge in [-0.1, -0.05) is 0 Å². The Labute approximate surface area is 122 Å². The third kappa shape index (κ3) is 2.30. The van der Waals surface area contributed by atoms with Gasteiger partial charge in [-0.15, -0.1) is 0 Å². The molecule has 0 aliphatic heterocycles. The van der Waals surface area contributed by atoms with Gasteiger partial charge in [-0.3, -0.25) is 0 Å². The second-order valence-electron chi connectivity index (χ2n) is 7.84. The second kappa shape index (κ2) is 4.87. The number of imidazole rings is 1. The molecular formula is C17H27N3. The molecule has 1 atom stereocenters. The van der Waals surface area contributed by atoms with E-state index in [1.54, 1.807) is 6.42 Å². The first kappa shape index (κ1) is 12.9. The van der Waals surface area contributed by atoms with Crippen LogP contribution in [0.25, 0.3) is 0 Å². The quantitative estimate of drug-likeness (QED) is 0.916. The van der Waals surface area contributed by atoms with Crippen molar-refractivity contribution in [3.63, 3.8) is 0 Å². The molecule has 1 heterocycles. The number of nitrogens with two attached hydrogens (primary N) is 1. The minimum Gasteiger partial charge on any atom is -0.337 e. The van der Waals surface area contributed by atoms with Gasteiger partial charge in [-0.25, -0.2) is 4.98 Å². The summed E-state index contributed by atoms with van der Waals surface area (Å²) in [5, 5.41) is 0. The Kier molecular flexibility index (Phi) is 3.13. The third-order valence-electron chi connectivity index (χ3n) is 6.06. The minimum atomic E-state index is 0.208. The average Bonchev–Trinajstić information content (AvgIpc) is 2.79. The van der Waals surface area contributed by atoms with E-state index in [-0.39, 0.29) is 6.04 Å². The summed E-state index contributed by atoms with van der Waals surface area (Å²) in [5.41, 5.74) is 7.02. The molecule has 4 saturated carbocycles. The maximum absolute atomic E-state index is 5.86. The van der Waals surface area contributed by atoms with Crippen molar-refractivity contribution < 1.29 is 0 Å². The lowest BCUT2D eigenvalue weighted by Crippen LogP contribution is -2.46. The molecule has 3 nitrogen and oxygen atoms in total. The van der Waals surface area contributed by atoms with Gasteiger partial charge in [0.15, 0.2) is 0 Å². The maximum Gasteiger partial charge on any atom is 0.0949 e. The van der Waals surface area contributed by atoms with Crippen molar-refractivity contribution in [1.29, 1.82) is 0 Å². The van der Waals surface area contributed by atoms with Crippen molar-refractivity contribution in [2.24, 2.45) is 35.3 Å². The second-order valence-corrected chi connectivity index (χ2v) is 7.84. The molecule has 0 spiro atoms. The van der Waals surface area contributed by atoms with Crippen LogP contribution in [0.3, 0.4) is 0 Å². The molecule has 2 N–H and O–H groups in total. The standard InChI is InChI=1S/C17H27N3/c1-11(18)2-16-8-20(10-19-16)9-17-14-4-12-3-13(6-14)7-15(17)5-12/h8,10-15,17H,2-7,9,18H2,1H3. The molecule has 5 rings (SSSR count). The Bertz CT molecular complexity index is 448. The minimum absolute atomic E-state index is 0.208. The Hall–Kier alpha value is -0.830. The van der Waals surface area contributed by atoms with Gasteiger partial charge in [0.1, 0.15) is 0 Å². The molecule has 3 heteroatoms. The maximum atomic E-state index is 5.86. The van der Waals surface area contributed by atoms with Crippen LogP contribution in [0.2, 0.25) is 0 Å². The number of hydrogen-bond acceptors (Lipinski definition) is 2. The molecule has 20 heavy (non-hydrogen) atoms. The zero-order chi connectivity index (χ0) is 13.7. The summed E-state index contributed by atoms with van der Waals surface area (Å²) >= 11 is 0. The van der Waals surface area contributed by atoms with Gasteiger partial charge in [-0.2, -0.15) is 0 Å². The predicted molar refractivity (Wildman–Crippen MR) is 80.1 cm³/mol. The first-order valence-electron chi connectivity index (χ1n) is 8.43. The Morgan fingerprint density at radius 2 is 1.85 bits per heavy atom.